The number of benzene rings is 1. The van der Waals surface area contributed by atoms with Gasteiger partial charge in [-0.25, -0.2) is 4.79 Å². The molecule has 0 aliphatic heterocycles. The molecule has 0 radical (unpaired) electrons. The molecule has 0 aliphatic carbocycles. The lowest BCUT2D eigenvalue weighted by Crippen LogP contribution is -2.34. The average molecular weight is 364 g/mol. The third kappa shape index (κ3) is 7.23. The Morgan fingerprint density at radius 1 is 1.08 bits per heavy atom. The Morgan fingerprint density at radius 2 is 1.72 bits per heavy atom. The van der Waals surface area contributed by atoms with Crippen LogP contribution in [0.4, 0.5) is 22.0 Å². The number of ether oxygens (including phenoxy) is 1. The van der Waals surface area contributed by atoms with Crippen molar-refractivity contribution in [2.24, 2.45) is 0 Å². The van der Waals surface area contributed by atoms with Crippen molar-refractivity contribution >= 4 is 5.97 Å². The molecule has 0 amide bonds. The second-order valence-corrected chi connectivity index (χ2v) is 5.64. The first-order valence-corrected chi connectivity index (χ1v) is 8.07. The predicted octanol–water partition coefficient (Wildman–Crippen LogP) is 5.94. The van der Waals surface area contributed by atoms with E-state index < -0.39 is 24.2 Å². The molecule has 1 aromatic rings. The van der Waals surface area contributed by atoms with Crippen LogP contribution in [0, 0.1) is 0 Å². The van der Waals surface area contributed by atoms with E-state index in [-0.39, 0.29) is 18.1 Å². The van der Waals surface area contributed by atoms with Crippen molar-refractivity contribution in [3.8, 4) is 0 Å². The zero-order chi connectivity index (χ0) is 18.9. The van der Waals surface area contributed by atoms with Gasteiger partial charge in [-0.3, -0.25) is 0 Å². The number of carbonyl (C=O) groups is 1. The van der Waals surface area contributed by atoms with Gasteiger partial charge in [0.25, 0.3) is 0 Å². The van der Waals surface area contributed by atoms with Crippen molar-refractivity contribution in [2.75, 3.05) is 0 Å². The van der Waals surface area contributed by atoms with E-state index in [1.165, 1.54) is 12.1 Å². The van der Waals surface area contributed by atoms with Crippen LogP contribution in [0.2, 0.25) is 0 Å². The summed E-state index contributed by atoms with van der Waals surface area (Å²) in [4.78, 5) is 12.0. The third-order valence-electron chi connectivity index (χ3n) is 3.51. The lowest BCUT2D eigenvalue weighted by Gasteiger charge is -2.18. The van der Waals surface area contributed by atoms with Crippen molar-refractivity contribution in [3.05, 3.63) is 48.0 Å². The molecule has 0 heterocycles. The Balaban J connectivity index is 2.80. The Morgan fingerprint density at radius 3 is 2.28 bits per heavy atom. The molecular weight excluding hydrogens is 343 g/mol. The molecule has 140 valence electrons. The predicted molar refractivity (Wildman–Crippen MR) is 84.5 cm³/mol. The normalized spacial score (nSPS) is 13.8. The minimum absolute atomic E-state index is 0.184. The summed E-state index contributed by atoms with van der Waals surface area (Å²) in [5.41, 5.74) is 0.206. The fraction of sp³-hybridized carbons (Fsp3) is 0.500. The third-order valence-corrected chi connectivity index (χ3v) is 3.51. The summed E-state index contributed by atoms with van der Waals surface area (Å²) in [5, 5.41) is 0. The van der Waals surface area contributed by atoms with E-state index in [9.17, 15) is 26.7 Å². The van der Waals surface area contributed by atoms with E-state index in [0.29, 0.717) is 12.5 Å². The molecule has 0 aliphatic rings. The van der Waals surface area contributed by atoms with Gasteiger partial charge in [0.2, 0.25) is 0 Å². The minimum Gasteiger partial charge on any atom is -0.455 e. The number of hydrogen-bond acceptors (Lipinski definition) is 2. The number of halogens is 5. The van der Waals surface area contributed by atoms with Crippen molar-refractivity contribution in [1.29, 1.82) is 0 Å². The second-order valence-electron chi connectivity index (χ2n) is 5.64. The lowest BCUT2D eigenvalue weighted by atomic mass is 10.1. The molecule has 0 saturated heterocycles. The summed E-state index contributed by atoms with van der Waals surface area (Å²) in [7, 11) is 0. The van der Waals surface area contributed by atoms with Gasteiger partial charge >= 0.3 is 18.1 Å². The Hall–Kier alpha value is -1.92. The number of allylic oxidation sites excluding steroid dienone is 1. The SMILES string of the molecule is CCCCCC[C@@H](/C=C/C(F)(F)C(F)(F)F)OC(=O)c1ccccc1. The van der Waals surface area contributed by atoms with Crippen molar-refractivity contribution in [2.45, 2.75) is 57.2 Å². The molecular formula is C18H21F5O2. The van der Waals surface area contributed by atoms with Crippen LogP contribution in [0.25, 0.3) is 0 Å². The highest BCUT2D eigenvalue weighted by Crippen LogP contribution is 2.36. The van der Waals surface area contributed by atoms with Crippen LogP contribution < -0.4 is 0 Å². The Kier molecular flexibility index (Phi) is 8.06. The zero-order valence-corrected chi connectivity index (χ0v) is 13.9. The van der Waals surface area contributed by atoms with Crippen LogP contribution in [0.15, 0.2) is 42.5 Å². The van der Waals surface area contributed by atoms with E-state index >= 15 is 0 Å². The Bertz CT molecular complexity index is 552. The quantitative estimate of drug-likeness (QED) is 0.235. The number of esters is 1. The van der Waals surface area contributed by atoms with E-state index in [4.69, 9.17) is 4.74 Å². The number of unbranched alkanes of at least 4 members (excludes halogenated alkanes) is 3. The highest BCUT2D eigenvalue weighted by molar-refractivity contribution is 5.89. The van der Waals surface area contributed by atoms with E-state index in [1.54, 1.807) is 18.2 Å². The topological polar surface area (TPSA) is 26.3 Å². The van der Waals surface area contributed by atoms with Gasteiger partial charge in [0.1, 0.15) is 6.10 Å². The molecule has 1 aromatic carbocycles. The highest BCUT2D eigenvalue weighted by atomic mass is 19.4. The molecule has 0 N–H and O–H groups in total. The molecule has 25 heavy (non-hydrogen) atoms. The molecule has 0 fully saturated rings. The second kappa shape index (κ2) is 9.53. The van der Waals surface area contributed by atoms with Crippen LogP contribution >= 0.6 is 0 Å². The molecule has 2 nitrogen and oxygen atoms in total. The number of hydrogen-bond donors (Lipinski definition) is 0. The number of rotatable bonds is 9. The number of alkyl halides is 5. The highest BCUT2D eigenvalue weighted by Gasteiger charge is 2.55. The first kappa shape index (κ1) is 21.1. The maximum Gasteiger partial charge on any atom is 0.457 e. The molecule has 0 bridgehead atoms. The van der Waals surface area contributed by atoms with Crippen LogP contribution in [-0.2, 0) is 4.74 Å². The molecule has 0 unspecified atom stereocenters. The number of carbonyl (C=O) groups excluding carboxylic acids is 1. The average Bonchev–Trinajstić information content (AvgIpc) is 2.56. The van der Waals surface area contributed by atoms with Crippen LogP contribution in [0.3, 0.4) is 0 Å². The van der Waals surface area contributed by atoms with Crippen molar-refractivity contribution in [3.63, 3.8) is 0 Å². The largest absolute Gasteiger partial charge is 0.457 e. The van der Waals surface area contributed by atoms with Crippen LogP contribution in [0.5, 0.6) is 0 Å². The van der Waals surface area contributed by atoms with Gasteiger partial charge in [0.05, 0.1) is 5.56 Å². The summed E-state index contributed by atoms with van der Waals surface area (Å²) in [5.74, 6) is -5.73. The first-order chi connectivity index (χ1) is 11.7. The first-order valence-electron chi connectivity index (χ1n) is 8.07. The maximum atomic E-state index is 13.0. The smallest absolute Gasteiger partial charge is 0.455 e. The van der Waals surface area contributed by atoms with Gasteiger partial charge in [0, 0.05) is 0 Å². The van der Waals surface area contributed by atoms with Gasteiger partial charge in [-0.2, -0.15) is 22.0 Å². The summed E-state index contributed by atoms with van der Waals surface area (Å²) >= 11 is 0. The van der Waals surface area contributed by atoms with Crippen LogP contribution in [0.1, 0.15) is 49.4 Å². The lowest BCUT2D eigenvalue weighted by molar-refractivity contribution is -0.259. The summed E-state index contributed by atoms with van der Waals surface area (Å²) in [6.45, 7) is 1.98. The molecule has 0 saturated carbocycles. The zero-order valence-electron chi connectivity index (χ0n) is 13.9. The van der Waals surface area contributed by atoms with Gasteiger partial charge in [-0.1, -0.05) is 44.4 Å². The van der Waals surface area contributed by atoms with Crippen LogP contribution in [-0.4, -0.2) is 24.2 Å². The molecule has 1 rings (SSSR count). The Labute approximate surface area is 143 Å². The van der Waals surface area contributed by atoms with Gasteiger partial charge < -0.3 is 4.74 Å². The summed E-state index contributed by atoms with van der Waals surface area (Å²) < 4.78 is 67.9. The summed E-state index contributed by atoms with van der Waals surface area (Å²) in [6, 6.07) is 7.83. The van der Waals surface area contributed by atoms with E-state index in [1.807, 2.05) is 6.92 Å². The minimum atomic E-state index is -5.68. The van der Waals surface area contributed by atoms with E-state index in [2.05, 4.69) is 0 Å². The monoisotopic (exact) mass is 364 g/mol. The molecule has 0 spiro atoms. The summed E-state index contributed by atoms with van der Waals surface area (Å²) in [6.07, 6.45) is -3.07. The van der Waals surface area contributed by atoms with Gasteiger partial charge in [0.15, 0.2) is 0 Å². The van der Waals surface area contributed by atoms with Gasteiger partial charge in [-0.05, 0) is 37.1 Å². The van der Waals surface area contributed by atoms with Crippen molar-refractivity contribution < 1.29 is 31.5 Å². The van der Waals surface area contributed by atoms with Crippen molar-refractivity contribution in [1.82, 2.24) is 0 Å². The van der Waals surface area contributed by atoms with E-state index in [0.717, 1.165) is 19.3 Å². The molecule has 0 aromatic heterocycles. The molecule has 7 heteroatoms. The fourth-order valence-corrected chi connectivity index (χ4v) is 2.07. The molecule has 1 atom stereocenters. The van der Waals surface area contributed by atoms with Gasteiger partial charge in [-0.15, -0.1) is 0 Å². The standard InChI is InChI=1S/C18H21F5O2/c1-2-3-4-8-11-15(12-13-17(19,20)18(21,22)23)25-16(24)14-9-6-5-7-10-14/h5-7,9-10,12-13,15H,2-4,8,11H2,1H3/b13-12+/t15-/m0/s1. The fourth-order valence-electron chi connectivity index (χ4n) is 2.07. The maximum absolute atomic E-state index is 13.0.